The standard InChI is InChI=1S/C24H22N4O5/c1-16-7-9-17(10-8-16)22(29)20-21(18-5-2-3-6-19(18)28(32)33)27(24(31)23(20)30)13-4-12-26-14-11-25-15-26/h2-3,5-11,14-15,21,29H,4,12-13H2,1H3. The number of aliphatic hydroxyl groups excluding tert-OH is 1. The number of para-hydroxylation sites is 1. The van der Waals surface area contributed by atoms with Crippen molar-refractivity contribution in [3.05, 3.63) is 99.6 Å². The molecule has 1 amide bonds. The molecule has 0 aliphatic carbocycles. The number of benzene rings is 2. The molecule has 1 fully saturated rings. The van der Waals surface area contributed by atoms with E-state index in [1.807, 2.05) is 11.5 Å². The second-order valence-electron chi connectivity index (χ2n) is 7.83. The summed E-state index contributed by atoms with van der Waals surface area (Å²) in [7, 11) is 0. The third-order valence-corrected chi connectivity index (χ3v) is 5.67. The maximum absolute atomic E-state index is 13.1. The molecular formula is C24H22N4O5. The number of aromatic nitrogens is 2. The number of hydrogen-bond donors (Lipinski definition) is 1. The van der Waals surface area contributed by atoms with Crippen LogP contribution in [0.3, 0.4) is 0 Å². The van der Waals surface area contributed by atoms with E-state index in [4.69, 9.17) is 0 Å². The lowest BCUT2D eigenvalue weighted by atomic mass is 9.94. The molecule has 2 aromatic carbocycles. The lowest BCUT2D eigenvalue weighted by Gasteiger charge is -2.25. The lowest BCUT2D eigenvalue weighted by molar-refractivity contribution is -0.385. The second-order valence-corrected chi connectivity index (χ2v) is 7.83. The van der Waals surface area contributed by atoms with Crippen LogP contribution in [0, 0.1) is 17.0 Å². The first kappa shape index (κ1) is 21.9. The van der Waals surface area contributed by atoms with Crippen LogP contribution in [-0.4, -0.2) is 42.7 Å². The van der Waals surface area contributed by atoms with Crippen molar-refractivity contribution in [1.82, 2.24) is 14.5 Å². The predicted octanol–water partition coefficient (Wildman–Crippen LogP) is 3.61. The van der Waals surface area contributed by atoms with Crippen molar-refractivity contribution in [2.45, 2.75) is 25.9 Å². The Bertz CT molecular complexity index is 1230. The van der Waals surface area contributed by atoms with Crippen LogP contribution in [0.15, 0.2) is 72.8 Å². The SMILES string of the molecule is Cc1ccc(C(O)=C2C(=O)C(=O)N(CCCn3ccnc3)C2c2ccccc2[N+](=O)[O-])cc1. The van der Waals surface area contributed by atoms with Gasteiger partial charge in [0.05, 0.1) is 28.4 Å². The van der Waals surface area contributed by atoms with E-state index < -0.39 is 22.7 Å². The summed E-state index contributed by atoms with van der Waals surface area (Å²) in [5.41, 5.74) is 1.12. The minimum atomic E-state index is -1.07. The molecule has 1 unspecified atom stereocenters. The molecule has 1 aliphatic heterocycles. The molecule has 2 heterocycles. The van der Waals surface area contributed by atoms with Gasteiger partial charge in [-0.3, -0.25) is 19.7 Å². The van der Waals surface area contributed by atoms with Gasteiger partial charge in [0.1, 0.15) is 5.76 Å². The molecular weight excluding hydrogens is 424 g/mol. The summed E-state index contributed by atoms with van der Waals surface area (Å²) in [6.07, 6.45) is 5.56. The molecule has 1 atom stereocenters. The highest BCUT2D eigenvalue weighted by Crippen LogP contribution is 2.42. The smallest absolute Gasteiger partial charge is 0.295 e. The maximum Gasteiger partial charge on any atom is 0.295 e. The first-order valence-corrected chi connectivity index (χ1v) is 10.4. The zero-order valence-corrected chi connectivity index (χ0v) is 17.9. The number of likely N-dealkylation sites (tertiary alicyclic amines) is 1. The number of aryl methyl sites for hydroxylation is 2. The van der Waals surface area contributed by atoms with Gasteiger partial charge in [0.2, 0.25) is 0 Å². The van der Waals surface area contributed by atoms with Gasteiger partial charge in [0.15, 0.2) is 0 Å². The number of Topliss-reactive ketones (excluding diaryl/α,β-unsaturated/α-hetero) is 1. The third kappa shape index (κ3) is 4.25. The van der Waals surface area contributed by atoms with E-state index in [2.05, 4.69) is 4.98 Å². The topological polar surface area (TPSA) is 119 Å². The molecule has 9 nitrogen and oxygen atoms in total. The summed E-state index contributed by atoms with van der Waals surface area (Å²) in [5.74, 6) is -2.01. The number of nitro benzene ring substituents is 1. The minimum absolute atomic E-state index is 0.152. The van der Waals surface area contributed by atoms with E-state index in [0.29, 0.717) is 18.5 Å². The van der Waals surface area contributed by atoms with Crippen LogP contribution < -0.4 is 0 Å². The Morgan fingerprint density at radius 3 is 2.52 bits per heavy atom. The van der Waals surface area contributed by atoms with Crippen molar-refractivity contribution in [2.75, 3.05) is 6.54 Å². The molecule has 0 saturated carbocycles. The zero-order chi connectivity index (χ0) is 23.5. The fourth-order valence-corrected chi connectivity index (χ4v) is 4.03. The quantitative estimate of drug-likeness (QED) is 0.195. The first-order chi connectivity index (χ1) is 15.9. The van der Waals surface area contributed by atoms with Crippen LogP contribution in [0.5, 0.6) is 0 Å². The van der Waals surface area contributed by atoms with Crippen molar-refractivity contribution in [2.24, 2.45) is 0 Å². The first-order valence-electron chi connectivity index (χ1n) is 10.4. The molecule has 1 saturated heterocycles. The van der Waals surface area contributed by atoms with Crippen LogP contribution in [0.2, 0.25) is 0 Å². The number of aliphatic hydroxyl groups is 1. The fourth-order valence-electron chi connectivity index (χ4n) is 4.03. The third-order valence-electron chi connectivity index (χ3n) is 5.67. The highest BCUT2D eigenvalue weighted by Gasteiger charge is 2.47. The Labute approximate surface area is 189 Å². The summed E-state index contributed by atoms with van der Waals surface area (Å²) < 4.78 is 1.84. The Morgan fingerprint density at radius 1 is 1.12 bits per heavy atom. The number of rotatable bonds is 7. The molecule has 9 heteroatoms. The van der Waals surface area contributed by atoms with Gasteiger partial charge in [-0.05, 0) is 19.4 Å². The zero-order valence-electron chi connectivity index (χ0n) is 17.9. The molecule has 3 aromatic rings. The van der Waals surface area contributed by atoms with E-state index in [1.54, 1.807) is 49.1 Å². The van der Waals surface area contributed by atoms with E-state index >= 15 is 0 Å². The molecule has 4 rings (SSSR count). The summed E-state index contributed by atoms with van der Waals surface area (Å²) >= 11 is 0. The van der Waals surface area contributed by atoms with Gasteiger partial charge >= 0.3 is 0 Å². The Balaban J connectivity index is 1.80. The number of nitro groups is 1. The fraction of sp³-hybridized carbons (Fsp3) is 0.208. The van der Waals surface area contributed by atoms with Crippen molar-refractivity contribution in [1.29, 1.82) is 0 Å². The van der Waals surface area contributed by atoms with Crippen molar-refractivity contribution < 1.29 is 19.6 Å². The summed E-state index contributed by atoms with van der Waals surface area (Å²) in [5, 5.41) is 22.8. The van der Waals surface area contributed by atoms with Crippen LogP contribution in [0.25, 0.3) is 5.76 Å². The van der Waals surface area contributed by atoms with Gasteiger partial charge in [0, 0.05) is 37.1 Å². The molecule has 1 aliphatic rings. The van der Waals surface area contributed by atoms with Crippen LogP contribution in [0.1, 0.15) is 29.2 Å². The van der Waals surface area contributed by atoms with Crippen molar-refractivity contribution >= 4 is 23.1 Å². The van der Waals surface area contributed by atoms with E-state index in [1.165, 1.54) is 23.1 Å². The maximum atomic E-state index is 13.1. The van der Waals surface area contributed by atoms with Crippen LogP contribution >= 0.6 is 0 Å². The number of nitrogens with zero attached hydrogens (tertiary/aromatic N) is 4. The molecule has 0 radical (unpaired) electrons. The van der Waals surface area contributed by atoms with E-state index in [0.717, 1.165) is 5.56 Å². The van der Waals surface area contributed by atoms with Gasteiger partial charge < -0.3 is 14.6 Å². The number of imidazole rings is 1. The molecule has 1 N–H and O–H groups in total. The molecule has 0 spiro atoms. The minimum Gasteiger partial charge on any atom is -0.507 e. The van der Waals surface area contributed by atoms with Crippen LogP contribution in [0.4, 0.5) is 5.69 Å². The Kier molecular flexibility index (Phi) is 6.03. The van der Waals surface area contributed by atoms with Crippen molar-refractivity contribution in [3.63, 3.8) is 0 Å². The molecule has 33 heavy (non-hydrogen) atoms. The van der Waals surface area contributed by atoms with Gasteiger partial charge in [-0.25, -0.2) is 4.98 Å². The average Bonchev–Trinajstić information content (AvgIpc) is 3.41. The highest BCUT2D eigenvalue weighted by atomic mass is 16.6. The number of carbonyl (C=O) groups is 2. The largest absolute Gasteiger partial charge is 0.507 e. The number of carbonyl (C=O) groups excluding carboxylic acids is 2. The van der Waals surface area contributed by atoms with Crippen LogP contribution in [-0.2, 0) is 16.1 Å². The van der Waals surface area contributed by atoms with E-state index in [-0.39, 0.29) is 29.1 Å². The van der Waals surface area contributed by atoms with E-state index in [9.17, 15) is 24.8 Å². The van der Waals surface area contributed by atoms with Gasteiger partial charge in [-0.15, -0.1) is 0 Å². The Hall–Kier alpha value is -4.27. The molecule has 0 bridgehead atoms. The molecule has 168 valence electrons. The normalized spacial score (nSPS) is 17.5. The van der Waals surface area contributed by atoms with Gasteiger partial charge in [-0.1, -0.05) is 42.0 Å². The summed E-state index contributed by atoms with van der Waals surface area (Å²) in [6, 6.07) is 11.7. The predicted molar refractivity (Wildman–Crippen MR) is 120 cm³/mol. The number of ketones is 1. The van der Waals surface area contributed by atoms with Gasteiger partial charge in [0.25, 0.3) is 17.4 Å². The van der Waals surface area contributed by atoms with Crippen molar-refractivity contribution in [3.8, 4) is 0 Å². The highest BCUT2D eigenvalue weighted by molar-refractivity contribution is 6.46. The summed E-state index contributed by atoms with van der Waals surface area (Å²) in [6.45, 7) is 2.60. The average molecular weight is 446 g/mol. The second kappa shape index (κ2) is 9.07. The Morgan fingerprint density at radius 2 is 1.85 bits per heavy atom. The molecule has 1 aromatic heterocycles. The monoisotopic (exact) mass is 446 g/mol. The lowest BCUT2D eigenvalue weighted by Crippen LogP contribution is -2.31. The summed E-state index contributed by atoms with van der Waals surface area (Å²) in [4.78, 5) is 42.5. The number of amides is 1. The van der Waals surface area contributed by atoms with Gasteiger partial charge in [-0.2, -0.15) is 0 Å². The number of hydrogen-bond acceptors (Lipinski definition) is 6.